The van der Waals surface area contributed by atoms with Crippen molar-refractivity contribution in [3.8, 4) is 5.75 Å². The average molecular weight is 355 g/mol. The Morgan fingerprint density at radius 1 is 0.923 bits per heavy atom. The number of ketones is 1. The van der Waals surface area contributed by atoms with Gasteiger partial charge in [0.2, 0.25) is 0 Å². The minimum atomic E-state index is -0.589. The van der Waals surface area contributed by atoms with Crippen LogP contribution in [-0.2, 0) is 9.53 Å². The van der Waals surface area contributed by atoms with Crippen LogP contribution in [0.25, 0.3) is 0 Å². The summed E-state index contributed by atoms with van der Waals surface area (Å²) in [5, 5.41) is 2.60. The molecule has 2 aromatic carbocycles. The molecule has 6 heteroatoms. The summed E-state index contributed by atoms with van der Waals surface area (Å²) in [7, 11) is 0. The third-order valence-corrected chi connectivity index (χ3v) is 3.47. The van der Waals surface area contributed by atoms with Gasteiger partial charge in [-0.2, -0.15) is 0 Å². The molecule has 0 heterocycles. The number of benzene rings is 2. The smallest absolute Gasteiger partial charge is 0.338 e. The topological polar surface area (TPSA) is 81.7 Å². The number of anilines is 1. The van der Waals surface area contributed by atoms with E-state index in [-0.39, 0.29) is 5.78 Å². The standard InChI is InChI=1S/C20H21NO5/c1-3-12-25-18-10-6-16(7-11-18)20(24)26-13-19(23)21-17-8-4-15(5-9-17)14(2)22/h4-11H,3,12-13H2,1-2H3,(H,21,23). The van der Waals surface area contributed by atoms with Crippen molar-refractivity contribution in [3.63, 3.8) is 0 Å². The molecule has 0 radical (unpaired) electrons. The lowest BCUT2D eigenvalue weighted by molar-refractivity contribution is -0.119. The van der Waals surface area contributed by atoms with Gasteiger partial charge in [0.1, 0.15) is 5.75 Å². The van der Waals surface area contributed by atoms with Crippen molar-refractivity contribution in [3.05, 3.63) is 59.7 Å². The first kappa shape index (κ1) is 19.2. The fourth-order valence-corrected chi connectivity index (χ4v) is 2.11. The third kappa shape index (κ3) is 5.73. The number of rotatable bonds is 8. The molecule has 0 aliphatic rings. The Kier molecular flexibility index (Phi) is 6.91. The Morgan fingerprint density at radius 3 is 2.12 bits per heavy atom. The summed E-state index contributed by atoms with van der Waals surface area (Å²) in [4.78, 5) is 35.0. The van der Waals surface area contributed by atoms with Crippen LogP contribution in [0.3, 0.4) is 0 Å². The van der Waals surface area contributed by atoms with Gasteiger partial charge in [0, 0.05) is 11.3 Å². The molecule has 0 aliphatic carbocycles. The molecule has 0 aromatic heterocycles. The molecule has 0 atom stereocenters. The van der Waals surface area contributed by atoms with Crippen molar-refractivity contribution >= 4 is 23.3 Å². The Balaban J connectivity index is 1.82. The molecular formula is C20H21NO5. The Hall–Kier alpha value is -3.15. The molecule has 1 amide bonds. The van der Waals surface area contributed by atoms with Crippen LogP contribution in [0.1, 0.15) is 41.0 Å². The molecule has 0 fully saturated rings. The predicted molar refractivity (Wildman–Crippen MR) is 97.6 cm³/mol. The van der Waals surface area contributed by atoms with Gasteiger partial charge in [-0.3, -0.25) is 9.59 Å². The first-order chi connectivity index (χ1) is 12.5. The van der Waals surface area contributed by atoms with Crippen LogP contribution in [-0.4, -0.2) is 30.9 Å². The van der Waals surface area contributed by atoms with E-state index in [4.69, 9.17) is 9.47 Å². The first-order valence-electron chi connectivity index (χ1n) is 8.30. The van der Waals surface area contributed by atoms with Crippen LogP contribution in [0.5, 0.6) is 5.75 Å². The van der Waals surface area contributed by atoms with E-state index in [1.54, 1.807) is 48.5 Å². The molecule has 0 bridgehead atoms. The zero-order valence-electron chi connectivity index (χ0n) is 14.8. The fraction of sp³-hybridized carbons (Fsp3) is 0.250. The van der Waals surface area contributed by atoms with Gasteiger partial charge in [-0.25, -0.2) is 4.79 Å². The number of esters is 1. The zero-order valence-corrected chi connectivity index (χ0v) is 14.8. The second-order valence-corrected chi connectivity index (χ2v) is 5.63. The van der Waals surface area contributed by atoms with Gasteiger partial charge in [-0.15, -0.1) is 0 Å². The maximum atomic E-state index is 12.0. The van der Waals surface area contributed by atoms with Crippen LogP contribution in [0.4, 0.5) is 5.69 Å². The van der Waals surface area contributed by atoms with Crippen molar-refractivity contribution in [1.29, 1.82) is 0 Å². The number of carbonyl (C=O) groups is 3. The fourth-order valence-electron chi connectivity index (χ4n) is 2.11. The summed E-state index contributed by atoms with van der Waals surface area (Å²) in [6.45, 7) is 3.68. The highest BCUT2D eigenvalue weighted by molar-refractivity contribution is 5.97. The van der Waals surface area contributed by atoms with E-state index in [9.17, 15) is 14.4 Å². The summed E-state index contributed by atoms with van der Waals surface area (Å²) in [5.74, 6) is -0.427. The van der Waals surface area contributed by atoms with Gasteiger partial charge >= 0.3 is 5.97 Å². The molecule has 0 aliphatic heterocycles. The van der Waals surface area contributed by atoms with Crippen LogP contribution < -0.4 is 10.1 Å². The minimum Gasteiger partial charge on any atom is -0.494 e. The summed E-state index contributed by atoms with van der Waals surface area (Å²) in [6.07, 6.45) is 0.899. The number of amides is 1. The van der Waals surface area contributed by atoms with E-state index in [1.165, 1.54) is 6.92 Å². The van der Waals surface area contributed by atoms with Crippen LogP contribution in [0.15, 0.2) is 48.5 Å². The molecule has 0 saturated heterocycles. The normalized spacial score (nSPS) is 10.1. The van der Waals surface area contributed by atoms with Gasteiger partial charge in [0.25, 0.3) is 5.91 Å². The number of hydrogen-bond acceptors (Lipinski definition) is 5. The zero-order chi connectivity index (χ0) is 18.9. The summed E-state index contributed by atoms with van der Waals surface area (Å²) in [6, 6.07) is 13.0. The van der Waals surface area contributed by atoms with E-state index >= 15 is 0 Å². The van der Waals surface area contributed by atoms with E-state index in [0.29, 0.717) is 29.2 Å². The Labute approximate surface area is 152 Å². The SMILES string of the molecule is CCCOc1ccc(C(=O)OCC(=O)Nc2ccc(C(C)=O)cc2)cc1. The van der Waals surface area contributed by atoms with Crippen molar-refractivity contribution in [2.75, 3.05) is 18.5 Å². The van der Waals surface area contributed by atoms with Gasteiger partial charge in [-0.1, -0.05) is 6.92 Å². The molecule has 136 valence electrons. The molecule has 26 heavy (non-hydrogen) atoms. The molecular weight excluding hydrogens is 334 g/mol. The van der Waals surface area contributed by atoms with E-state index < -0.39 is 18.5 Å². The van der Waals surface area contributed by atoms with Gasteiger partial charge in [0.15, 0.2) is 12.4 Å². The van der Waals surface area contributed by atoms with Crippen molar-refractivity contribution < 1.29 is 23.9 Å². The summed E-state index contributed by atoms with van der Waals surface area (Å²) >= 11 is 0. The first-order valence-corrected chi connectivity index (χ1v) is 8.30. The second-order valence-electron chi connectivity index (χ2n) is 5.63. The van der Waals surface area contributed by atoms with Gasteiger partial charge in [0.05, 0.1) is 12.2 Å². The molecule has 2 rings (SSSR count). The van der Waals surface area contributed by atoms with Crippen LogP contribution in [0, 0.1) is 0 Å². The summed E-state index contributed by atoms with van der Waals surface area (Å²) < 4.78 is 10.4. The van der Waals surface area contributed by atoms with E-state index in [2.05, 4.69) is 5.32 Å². The van der Waals surface area contributed by atoms with E-state index in [0.717, 1.165) is 6.42 Å². The highest BCUT2D eigenvalue weighted by Gasteiger charge is 2.11. The number of nitrogens with one attached hydrogen (secondary N) is 1. The number of Topliss-reactive ketones (excluding diaryl/α,β-unsaturated/α-hetero) is 1. The molecule has 1 N–H and O–H groups in total. The minimum absolute atomic E-state index is 0.0529. The van der Waals surface area contributed by atoms with Crippen LogP contribution in [0.2, 0.25) is 0 Å². The molecule has 0 spiro atoms. The van der Waals surface area contributed by atoms with Crippen LogP contribution >= 0.6 is 0 Å². The van der Waals surface area contributed by atoms with Gasteiger partial charge in [-0.05, 0) is 61.9 Å². The largest absolute Gasteiger partial charge is 0.494 e. The lowest BCUT2D eigenvalue weighted by atomic mass is 10.1. The lowest BCUT2D eigenvalue weighted by Gasteiger charge is -2.08. The number of carbonyl (C=O) groups excluding carboxylic acids is 3. The summed E-state index contributed by atoms with van der Waals surface area (Å²) in [5.41, 5.74) is 1.42. The van der Waals surface area contributed by atoms with Crippen molar-refractivity contribution in [2.45, 2.75) is 20.3 Å². The Bertz CT molecular complexity index is 766. The molecule has 0 unspecified atom stereocenters. The number of ether oxygens (including phenoxy) is 2. The maximum absolute atomic E-state index is 12.0. The molecule has 0 saturated carbocycles. The highest BCUT2D eigenvalue weighted by Crippen LogP contribution is 2.13. The Morgan fingerprint density at radius 2 is 1.54 bits per heavy atom. The predicted octanol–water partition coefficient (Wildman–Crippen LogP) is 3.47. The van der Waals surface area contributed by atoms with Crippen molar-refractivity contribution in [2.24, 2.45) is 0 Å². The second kappa shape index (κ2) is 9.36. The monoisotopic (exact) mass is 355 g/mol. The van der Waals surface area contributed by atoms with Crippen molar-refractivity contribution in [1.82, 2.24) is 0 Å². The molecule has 2 aromatic rings. The average Bonchev–Trinajstić information content (AvgIpc) is 2.65. The van der Waals surface area contributed by atoms with Gasteiger partial charge < -0.3 is 14.8 Å². The maximum Gasteiger partial charge on any atom is 0.338 e. The third-order valence-electron chi connectivity index (χ3n) is 3.47. The molecule has 6 nitrogen and oxygen atoms in total. The quantitative estimate of drug-likeness (QED) is 0.579. The van der Waals surface area contributed by atoms with E-state index in [1.807, 2.05) is 6.92 Å². The highest BCUT2D eigenvalue weighted by atomic mass is 16.5. The lowest BCUT2D eigenvalue weighted by Crippen LogP contribution is -2.20. The number of hydrogen-bond donors (Lipinski definition) is 1.